The summed E-state index contributed by atoms with van der Waals surface area (Å²) in [4.78, 5) is 0. The van der Waals surface area contributed by atoms with Crippen molar-refractivity contribution in [1.29, 1.82) is 0 Å². The van der Waals surface area contributed by atoms with Gasteiger partial charge in [-0.3, -0.25) is 0 Å². The molecule has 4 nitrogen and oxygen atoms in total. The molecule has 0 saturated heterocycles. The topological polar surface area (TPSA) is 36.9 Å². The minimum absolute atomic E-state index is 0.0257. The summed E-state index contributed by atoms with van der Waals surface area (Å²) in [6.07, 6.45) is 0. The summed E-state index contributed by atoms with van der Waals surface area (Å²) in [5.41, 5.74) is 2.53. The maximum absolute atomic E-state index is 5.33. The first kappa shape index (κ1) is 23.7. The standard InChI is InChI=1S/2C12H18O2/c1-12(2,3)9-6-7-10(13-4)11(8-9)14-5;1-12(2,3)11-9(13-4)7-6-8-10(11)14-5/h2*6-8H,1-5H3. The van der Waals surface area contributed by atoms with Crippen molar-refractivity contribution in [3.63, 3.8) is 0 Å². The van der Waals surface area contributed by atoms with E-state index in [-0.39, 0.29) is 10.8 Å². The molecule has 0 spiro atoms. The zero-order chi connectivity index (χ0) is 21.5. The zero-order valence-electron chi connectivity index (χ0n) is 19.1. The van der Waals surface area contributed by atoms with Gasteiger partial charge in [0, 0.05) is 5.56 Å². The van der Waals surface area contributed by atoms with Crippen molar-refractivity contribution in [2.24, 2.45) is 0 Å². The van der Waals surface area contributed by atoms with Crippen LogP contribution in [0, 0.1) is 0 Å². The second kappa shape index (κ2) is 9.72. The molecule has 0 aliphatic rings. The van der Waals surface area contributed by atoms with Gasteiger partial charge < -0.3 is 18.9 Å². The van der Waals surface area contributed by atoms with Gasteiger partial charge in [-0.05, 0) is 40.7 Å². The largest absolute Gasteiger partial charge is 0.496 e. The molecule has 0 heterocycles. The van der Waals surface area contributed by atoms with Gasteiger partial charge in [0.05, 0.1) is 28.4 Å². The molecule has 0 aliphatic carbocycles. The molecule has 0 atom stereocenters. The van der Waals surface area contributed by atoms with Crippen molar-refractivity contribution >= 4 is 0 Å². The molecule has 0 unspecified atom stereocenters. The number of benzene rings is 2. The van der Waals surface area contributed by atoms with E-state index in [0.717, 1.165) is 28.6 Å². The van der Waals surface area contributed by atoms with Gasteiger partial charge in [0.2, 0.25) is 0 Å². The van der Waals surface area contributed by atoms with Gasteiger partial charge >= 0.3 is 0 Å². The van der Waals surface area contributed by atoms with E-state index in [1.54, 1.807) is 28.4 Å². The highest BCUT2D eigenvalue weighted by atomic mass is 16.5. The van der Waals surface area contributed by atoms with Crippen molar-refractivity contribution in [1.82, 2.24) is 0 Å². The summed E-state index contributed by atoms with van der Waals surface area (Å²) in [7, 11) is 6.67. The first-order valence-electron chi connectivity index (χ1n) is 9.43. The molecule has 0 amide bonds. The molecule has 4 heteroatoms. The molecule has 0 radical (unpaired) electrons. The van der Waals surface area contributed by atoms with E-state index >= 15 is 0 Å². The van der Waals surface area contributed by atoms with E-state index in [1.807, 2.05) is 30.3 Å². The smallest absolute Gasteiger partial charge is 0.161 e. The highest BCUT2D eigenvalue weighted by molar-refractivity contribution is 5.49. The zero-order valence-corrected chi connectivity index (χ0v) is 19.1. The molecule has 0 fully saturated rings. The summed E-state index contributed by atoms with van der Waals surface area (Å²) < 4.78 is 21.1. The van der Waals surface area contributed by atoms with Gasteiger partial charge in [-0.25, -0.2) is 0 Å². The fraction of sp³-hybridized carbons (Fsp3) is 0.500. The van der Waals surface area contributed by atoms with Crippen LogP contribution in [0.3, 0.4) is 0 Å². The van der Waals surface area contributed by atoms with Gasteiger partial charge in [0.1, 0.15) is 11.5 Å². The van der Waals surface area contributed by atoms with Crippen LogP contribution in [-0.4, -0.2) is 28.4 Å². The molecular weight excluding hydrogens is 352 g/mol. The second-order valence-electron chi connectivity index (χ2n) is 8.61. The highest BCUT2D eigenvalue weighted by Crippen LogP contribution is 2.38. The van der Waals surface area contributed by atoms with E-state index in [9.17, 15) is 0 Å². The number of hydrogen-bond donors (Lipinski definition) is 0. The van der Waals surface area contributed by atoms with Crippen LogP contribution in [0.1, 0.15) is 52.7 Å². The van der Waals surface area contributed by atoms with E-state index in [4.69, 9.17) is 18.9 Å². The molecule has 0 N–H and O–H groups in total. The number of rotatable bonds is 4. The van der Waals surface area contributed by atoms with Gasteiger partial charge in [-0.15, -0.1) is 0 Å². The first-order valence-corrected chi connectivity index (χ1v) is 9.43. The Bertz CT molecular complexity index is 730. The summed E-state index contributed by atoms with van der Waals surface area (Å²) in [6, 6.07) is 11.9. The van der Waals surface area contributed by atoms with Gasteiger partial charge in [0.15, 0.2) is 11.5 Å². The Balaban J connectivity index is 0.000000280. The van der Waals surface area contributed by atoms with Gasteiger partial charge in [0.25, 0.3) is 0 Å². The minimum Gasteiger partial charge on any atom is -0.496 e. The minimum atomic E-state index is 0.0257. The summed E-state index contributed by atoms with van der Waals surface area (Å²) in [5, 5.41) is 0. The van der Waals surface area contributed by atoms with Crippen molar-refractivity contribution < 1.29 is 18.9 Å². The average molecular weight is 389 g/mol. The molecule has 0 aliphatic heterocycles. The van der Waals surface area contributed by atoms with E-state index in [2.05, 4.69) is 47.6 Å². The van der Waals surface area contributed by atoms with E-state index in [0.29, 0.717) is 0 Å². The fourth-order valence-electron chi connectivity index (χ4n) is 2.89. The molecule has 0 aromatic heterocycles. The Labute approximate surface area is 170 Å². The number of methoxy groups -OCH3 is 4. The summed E-state index contributed by atoms with van der Waals surface area (Å²) >= 11 is 0. The number of ether oxygens (including phenoxy) is 4. The quantitative estimate of drug-likeness (QED) is 0.643. The summed E-state index contributed by atoms with van der Waals surface area (Å²) in [5.74, 6) is 3.34. The molecule has 2 aromatic rings. The molecular formula is C24H36O4. The lowest BCUT2D eigenvalue weighted by Gasteiger charge is -2.24. The van der Waals surface area contributed by atoms with Crippen LogP contribution >= 0.6 is 0 Å². The Morgan fingerprint density at radius 2 is 1.00 bits per heavy atom. The van der Waals surface area contributed by atoms with Crippen molar-refractivity contribution in [3.8, 4) is 23.0 Å². The van der Waals surface area contributed by atoms with Gasteiger partial charge in [-0.1, -0.05) is 53.7 Å². The predicted molar refractivity (Wildman–Crippen MR) is 116 cm³/mol. The van der Waals surface area contributed by atoms with Crippen molar-refractivity contribution in [2.45, 2.75) is 52.4 Å². The highest BCUT2D eigenvalue weighted by Gasteiger charge is 2.23. The third-order valence-electron chi connectivity index (χ3n) is 4.43. The third-order valence-corrected chi connectivity index (χ3v) is 4.43. The lowest BCUT2D eigenvalue weighted by molar-refractivity contribution is 0.353. The maximum Gasteiger partial charge on any atom is 0.161 e. The monoisotopic (exact) mass is 388 g/mol. The lowest BCUT2D eigenvalue weighted by atomic mass is 9.85. The van der Waals surface area contributed by atoms with Crippen LogP contribution in [0.2, 0.25) is 0 Å². The molecule has 156 valence electrons. The van der Waals surface area contributed by atoms with Crippen LogP contribution in [0.5, 0.6) is 23.0 Å². The Morgan fingerprint density at radius 1 is 0.536 bits per heavy atom. The van der Waals surface area contributed by atoms with Crippen LogP contribution in [-0.2, 0) is 10.8 Å². The SMILES string of the molecule is COc1ccc(C(C)(C)C)cc1OC.COc1cccc(OC)c1C(C)(C)C. The Hall–Kier alpha value is -2.36. The molecule has 28 heavy (non-hydrogen) atoms. The molecule has 2 rings (SSSR count). The lowest BCUT2D eigenvalue weighted by Crippen LogP contribution is -2.14. The first-order chi connectivity index (χ1) is 13.0. The van der Waals surface area contributed by atoms with Crippen LogP contribution in [0.15, 0.2) is 36.4 Å². The molecule has 0 bridgehead atoms. The van der Waals surface area contributed by atoms with Crippen LogP contribution < -0.4 is 18.9 Å². The average Bonchev–Trinajstić information content (AvgIpc) is 2.65. The normalized spacial score (nSPS) is 11.2. The van der Waals surface area contributed by atoms with Gasteiger partial charge in [-0.2, -0.15) is 0 Å². The van der Waals surface area contributed by atoms with Crippen LogP contribution in [0.4, 0.5) is 0 Å². The van der Waals surface area contributed by atoms with E-state index in [1.165, 1.54) is 5.56 Å². The molecule has 2 aromatic carbocycles. The number of hydrogen-bond acceptors (Lipinski definition) is 4. The second-order valence-corrected chi connectivity index (χ2v) is 8.61. The third kappa shape index (κ3) is 6.08. The Morgan fingerprint density at radius 3 is 1.36 bits per heavy atom. The van der Waals surface area contributed by atoms with E-state index < -0.39 is 0 Å². The summed E-state index contributed by atoms with van der Waals surface area (Å²) in [6.45, 7) is 13.0. The van der Waals surface area contributed by atoms with Crippen molar-refractivity contribution in [3.05, 3.63) is 47.5 Å². The Kier molecular flexibility index (Phi) is 8.22. The fourth-order valence-corrected chi connectivity index (χ4v) is 2.89. The predicted octanol–water partition coefficient (Wildman–Crippen LogP) is 6.00. The van der Waals surface area contributed by atoms with Crippen molar-refractivity contribution in [2.75, 3.05) is 28.4 Å². The maximum atomic E-state index is 5.33. The molecule has 0 saturated carbocycles. The van der Waals surface area contributed by atoms with Crippen LogP contribution in [0.25, 0.3) is 0 Å².